The lowest BCUT2D eigenvalue weighted by Gasteiger charge is -2.23. The van der Waals surface area contributed by atoms with E-state index in [0.717, 1.165) is 19.5 Å². The molecule has 1 unspecified atom stereocenters. The molecule has 4 nitrogen and oxygen atoms in total. The SMILES string of the molecule is CC(N)N1CCCNCC1=O. The Labute approximate surface area is 66.7 Å². The third kappa shape index (κ3) is 2.17. The van der Waals surface area contributed by atoms with E-state index in [4.69, 9.17) is 5.73 Å². The van der Waals surface area contributed by atoms with E-state index in [-0.39, 0.29) is 12.1 Å². The fourth-order valence-electron chi connectivity index (χ4n) is 1.23. The van der Waals surface area contributed by atoms with Crippen molar-refractivity contribution in [1.29, 1.82) is 0 Å². The summed E-state index contributed by atoms with van der Waals surface area (Å²) in [5.41, 5.74) is 5.60. The van der Waals surface area contributed by atoms with Gasteiger partial charge in [-0.25, -0.2) is 0 Å². The van der Waals surface area contributed by atoms with Gasteiger partial charge in [0.05, 0.1) is 12.7 Å². The molecule has 1 fully saturated rings. The Morgan fingerprint density at radius 1 is 1.73 bits per heavy atom. The van der Waals surface area contributed by atoms with Gasteiger partial charge in [0, 0.05) is 6.54 Å². The van der Waals surface area contributed by atoms with Crippen molar-refractivity contribution in [1.82, 2.24) is 10.2 Å². The molecule has 1 rings (SSSR count). The summed E-state index contributed by atoms with van der Waals surface area (Å²) in [6, 6.07) is 0. The molecule has 1 aliphatic rings. The molecule has 0 bridgehead atoms. The summed E-state index contributed by atoms with van der Waals surface area (Å²) in [4.78, 5) is 12.9. The Bertz CT molecular complexity index is 147. The minimum atomic E-state index is -0.151. The van der Waals surface area contributed by atoms with Gasteiger partial charge in [-0.1, -0.05) is 0 Å². The van der Waals surface area contributed by atoms with Gasteiger partial charge < -0.3 is 16.0 Å². The van der Waals surface area contributed by atoms with Crippen LogP contribution in [0, 0.1) is 0 Å². The van der Waals surface area contributed by atoms with E-state index in [0.29, 0.717) is 6.54 Å². The molecule has 1 heterocycles. The van der Waals surface area contributed by atoms with Crippen LogP contribution in [0.3, 0.4) is 0 Å². The molecule has 0 saturated carbocycles. The second-order valence-corrected chi connectivity index (χ2v) is 2.86. The molecule has 4 heteroatoms. The molecule has 0 spiro atoms. The summed E-state index contributed by atoms with van der Waals surface area (Å²) in [5, 5.41) is 3.04. The quantitative estimate of drug-likeness (QED) is 0.519. The zero-order valence-corrected chi connectivity index (χ0v) is 6.84. The lowest BCUT2D eigenvalue weighted by molar-refractivity contribution is -0.131. The number of rotatable bonds is 1. The van der Waals surface area contributed by atoms with E-state index in [9.17, 15) is 4.79 Å². The van der Waals surface area contributed by atoms with Crippen LogP contribution in [0.4, 0.5) is 0 Å². The van der Waals surface area contributed by atoms with Crippen LogP contribution in [-0.2, 0) is 4.79 Å². The highest BCUT2D eigenvalue weighted by Crippen LogP contribution is 1.98. The minimum absolute atomic E-state index is 0.109. The van der Waals surface area contributed by atoms with E-state index in [1.807, 2.05) is 6.92 Å². The molecule has 64 valence electrons. The lowest BCUT2D eigenvalue weighted by atomic mass is 10.3. The summed E-state index contributed by atoms with van der Waals surface area (Å²) in [6.07, 6.45) is 0.843. The molecule has 1 amide bonds. The van der Waals surface area contributed by atoms with E-state index in [1.165, 1.54) is 0 Å². The van der Waals surface area contributed by atoms with Crippen molar-refractivity contribution in [3.05, 3.63) is 0 Å². The second kappa shape index (κ2) is 3.69. The molecule has 0 aliphatic carbocycles. The molecule has 0 aromatic heterocycles. The minimum Gasteiger partial charge on any atom is -0.327 e. The Morgan fingerprint density at radius 2 is 2.45 bits per heavy atom. The van der Waals surface area contributed by atoms with Crippen LogP contribution in [-0.4, -0.2) is 36.6 Å². The topological polar surface area (TPSA) is 58.4 Å². The Balaban J connectivity index is 2.52. The highest BCUT2D eigenvalue weighted by atomic mass is 16.2. The molecule has 3 N–H and O–H groups in total. The van der Waals surface area contributed by atoms with Crippen molar-refractivity contribution in [3.63, 3.8) is 0 Å². The predicted molar refractivity (Wildman–Crippen MR) is 42.8 cm³/mol. The molecular formula is C7H15N3O. The monoisotopic (exact) mass is 157 g/mol. The fourth-order valence-corrected chi connectivity index (χ4v) is 1.23. The van der Waals surface area contributed by atoms with Crippen LogP contribution >= 0.6 is 0 Å². The number of carbonyl (C=O) groups is 1. The number of amides is 1. The van der Waals surface area contributed by atoms with Crippen LogP contribution in [0.1, 0.15) is 13.3 Å². The van der Waals surface area contributed by atoms with Crippen molar-refractivity contribution in [2.45, 2.75) is 19.5 Å². The van der Waals surface area contributed by atoms with Crippen LogP contribution in [0.15, 0.2) is 0 Å². The smallest absolute Gasteiger partial charge is 0.237 e. The van der Waals surface area contributed by atoms with E-state index in [2.05, 4.69) is 5.32 Å². The van der Waals surface area contributed by atoms with E-state index in [1.54, 1.807) is 4.90 Å². The van der Waals surface area contributed by atoms with Crippen molar-refractivity contribution >= 4 is 5.91 Å². The van der Waals surface area contributed by atoms with Crippen LogP contribution < -0.4 is 11.1 Å². The molecule has 1 atom stereocenters. The van der Waals surface area contributed by atoms with Gasteiger partial charge >= 0.3 is 0 Å². The fraction of sp³-hybridized carbons (Fsp3) is 0.857. The van der Waals surface area contributed by atoms with Gasteiger partial charge in [-0.2, -0.15) is 0 Å². The van der Waals surface area contributed by atoms with Gasteiger partial charge in [-0.3, -0.25) is 4.79 Å². The van der Waals surface area contributed by atoms with Crippen molar-refractivity contribution in [2.75, 3.05) is 19.6 Å². The first-order valence-electron chi connectivity index (χ1n) is 3.97. The number of hydrogen-bond acceptors (Lipinski definition) is 3. The van der Waals surface area contributed by atoms with E-state index >= 15 is 0 Å². The maximum Gasteiger partial charge on any atom is 0.237 e. The summed E-state index contributed by atoms with van der Waals surface area (Å²) in [5.74, 6) is 0.109. The molecular weight excluding hydrogens is 142 g/mol. The number of hydrogen-bond donors (Lipinski definition) is 2. The zero-order chi connectivity index (χ0) is 8.27. The molecule has 1 saturated heterocycles. The summed E-state index contributed by atoms with van der Waals surface area (Å²) >= 11 is 0. The first-order chi connectivity index (χ1) is 5.22. The lowest BCUT2D eigenvalue weighted by Crippen LogP contribution is -2.45. The normalized spacial score (nSPS) is 23.1. The zero-order valence-electron chi connectivity index (χ0n) is 6.84. The Morgan fingerprint density at radius 3 is 3.09 bits per heavy atom. The second-order valence-electron chi connectivity index (χ2n) is 2.86. The van der Waals surface area contributed by atoms with Gasteiger partial charge in [0.15, 0.2) is 0 Å². The first kappa shape index (κ1) is 8.49. The maximum absolute atomic E-state index is 11.2. The molecule has 1 aliphatic heterocycles. The van der Waals surface area contributed by atoms with E-state index < -0.39 is 0 Å². The molecule has 0 aromatic carbocycles. The summed E-state index contributed by atoms with van der Waals surface area (Å²) < 4.78 is 0. The summed E-state index contributed by atoms with van der Waals surface area (Å²) in [7, 11) is 0. The average molecular weight is 157 g/mol. The summed E-state index contributed by atoms with van der Waals surface area (Å²) in [6.45, 7) is 3.96. The van der Waals surface area contributed by atoms with Gasteiger partial charge in [0.25, 0.3) is 0 Å². The highest BCUT2D eigenvalue weighted by Gasteiger charge is 2.18. The van der Waals surface area contributed by atoms with Crippen molar-refractivity contribution < 1.29 is 4.79 Å². The van der Waals surface area contributed by atoms with Gasteiger partial charge in [0.1, 0.15) is 0 Å². The largest absolute Gasteiger partial charge is 0.327 e. The molecule has 0 radical (unpaired) electrons. The van der Waals surface area contributed by atoms with Crippen LogP contribution in [0.2, 0.25) is 0 Å². The van der Waals surface area contributed by atoms with Crippen molar-refractivity contribution in [3.8, 4) is 0 Å². The first-order valence-corrected chi connectivity index (χ1v) is 3.97. The molecule has 11 heavy (non-hydrogen) atoms. The van der Waals surface area contributed by atoms with Gasteiger partial charge in [-0.15, -0.1) is 0 Å². The third-order valence-corrected chi connectivity index (χ3v) is 1.84. The number of nitrogens with one attached hydrogen (secondary N) is 1. The standard InChI is InChI=1S/C7H15N3O/c1-6(8)10-4-2-3-9-5-7(10)11/h6,9H,2-5,8H2,1H3. The molecule has 0 aromatic rings. The predicted octanol–water partition coefficient (Wildman–Crippen LogP) is -0.887. The van der Waals surface area contributed by atoms with Crippen LogP contribution in [0.25, 0.3) is 0 Å². The Kier molecular flexibility index (Phi) is 2.84. The number of carbonyl (C=O) groups excluding carboxylic acids is 1. The number of nitrogens with two attached hydrogens (primary N) is 1. The number of nitrogens with zero attached hydrogens (tertiary/aromatic N) is 1. The average Bonchev–Trinajstić information content (AvgIpc) is 2.13. The maximum atomic E-state index is 11.2. The third-order valence-electron chi connectivity index (χ3n) is 1.84. The van der Waals surface area contributed by atoms with Gasteiger partial charge in [0.2, 0.25) is 5.91 Å². The van der Waals surface area contributed by atoms with Crippen LogP contribution in [0.5, 0.6) is 0 Å². The van der Waals surface area contributed by atoms with Crippen molar-refractivity contribution in [2.24, 2.45) is 5.73 Å². The van der Waals surface area contributed by atoms with Gasteiger partial charge in [-0.05, 0) is 19.9 Å². The highest BCUT2D eigenvalue weighted by molar-refractivity contribution is 5.78. The Hall–Kier alpha value is -0.610.